The Morgan fingerprint density at radius 3 is 1.79 bits per heavy atom. The van der Waals surface area contributed by atoms with Gasteiger partial charge in [0.1, 0.15) is 0 Å². The molecule has 0 bridgehead atoms. The van der Waals surface area contributed by atoms with Gasteiger partial charge in [0, 0.05) is 22.7 Å². The third kappa shape index (κ3) is 4.26. The molecule has 0 radical (unpaired) electrons. The van der Waals surface area contributed by atoms with Crippen LogP contribution in [0.1, 0.15) is 39.7 Å². The van der Waals surface area contributed by atoms with Crippen LogP contribution in [-0.4, -0.2) is 14.8 Å². The minimum atomic E-state index is 0.114. The molecule has 0 N–H and O–H groups in total. The summed E-state index contributed by atoms with van der Waals surface area (Å²) < 4.78 is 2.25. The Bertz CT molecular complexity index is 1330. The van der Waals surface area contributed by atoms with E-state index in [9.17, 15) is 0 Å². The zero-order chi connectivity index (χ0) is 23.7. The molecule has 1 aliphatic carbocycles. The van der Waals surface area contributed by atoms with Crippen LogP contribution in [0, 0.1) is 5.92 Å². The van der Waals surface area contributed by atoms with Crippen molar-refractivity contribution in [3.8, 4) is 33.9 Å². The average molecular weight is 446 g/mol. The molecular weight excluding hydrogens is 414 g/mol. The summed E-state index contributed by atoms with van der Waals surface area (Å²) in [4.78, 5) is 0. The van der Waals surface area contributed by atoms with E-state index in [0.717, 1.165) is 29.2 Å². The molecule has 3 aromatic carbocycles. The quantitative estimate of drug-likeness (QED) is 0.318. The van der Waals surface area contributed by atoms with Gasteiger partial charge in [-0.05, 0) is 34.6 Å². The number of allylic oxidation sites excluding steroid dienone is 4. The van der Waals surface area contributed by atoms with Gasteiger partial charge in [-0.1, -0.05) is 119 Å². The maximum absolute atomic E-state index is 4.69. The standard InChI is InChI=1S/C31H31N3/c1-22-10-8-9-13-28(22)34-29(25-16-14-24(15-17-25)23-11-6-5-7-12-23)32-33-30(34)26-18-20-27(21-19-26)31(2,3)4/h5-9,11-22H,10H2,1-4H3. The van der Waals surface area contributed by atoms with Crippen LogP contribution in [0.4, 0.5) is 0 Å². The summed E-state index contributed by atoms with van der Waals surface area (Å²) in [5.74, 6) is 2.15. The summed E-state index contributed by atoms with van der Waals surface area (Å²) in [5.41, 5.74) is 7.20. The van der Waals surface area contributed by atoms with E-state index in [1.54, 1.807) is 0 Å². The molecule has 1 unspecified atom stereocenters. The van der Waals surface area contributed by atoms with E-state index in [1.165, 1.54) is 22.4 Å². The highest BCUT2D eigenvalue weighted by Crippen LogP contribution is 2.35. The van der Waals surface area contributed by atoms with Crippen molar-refractivity contribution in [3.05, 3.63) is 103 Å². The number of hydrogen-bond acceptors (Lipinski definition) is 2. The van der Waals surface area contributed by atoms with Crippen LogP contribution in [0.5, 0.6) is 0 Å². The third-order valence-electron chi connectivity index (χ3n) is 6.58. The fourth-order valence-electron chi connectivity index (χ4n) is 4.49. The third-order valence-corrected chi connectivity index (χ3v) is 6.58. The Morgan fingerprint density at radius 2 is 1.24 bits per heavy atom. The lowest BCUT2D eigenvalue weighted by Gasteiger charge is -2.22. The van der Waals surface area contributed by atoms with E-state index in [-0.39, 0.29) is 5.41 Å². The highest BCUT2D eigenvalue weighted by Gasteiger charge is 2.23. The second-order valence-corrected chi connectivity index (χ2v) is 10.1. The Morgan fingerprint density at radius 1 is 0.706 bits per heavy atom. The first-order valence-corrected chi connectivity index (χ1v) is 12.0. The lowest BCUT2D eigenvalue weighted by atomic mass is 9.86. The van der Waals surface area contributed by atoms with Crippen molar-refractivity contribution in [2.75, 3.05) is 0 Å². The SMILES string of the molecule is CC1CC=CC=C1n1c(-c2ccc(-c3ccccc3)cc2)nnc1-c1ccc(C(C)(C)C)cc1. The van der Waals surface area contributed by atoms with Crippen LogP contribution in [0.15, 0.2) is 97.1 Å². The van der Waals surface area contributed by atoms with Crippen molar-refractivity contribution in [1.29, 1.82) is 0 Å². The van der Waals surface area contributed by atoms with Gasteiger partial charge in [0.15, 0.2) is 11.6 Å². The number of hydrogen-bond donors (Lipinski definition) is 0. The molecule has 4 aromatic rings. The van der Waals surface area contributed by atoms with Crippen LogP contribution in [0.2, 0.25) is 0 Å². The lowest BCUT2D eigenvalue weighted by Crippen LogP contribution is -2.12. The molecular formula is C31H31N3. The molecule has 3 heteroatoms. The molecule has 1 atom stereocenters. The van der Waals surface area contributed by atoms with Crippen LogP contribution in [-0.2, 0) is 5.41 Å². The first-order chi connectivity index (χ1) is 16.4. The van der Waals surface area contributed by atoms with Gasteiger partial charge < -0.3 is 0 Å². The summed E-state index contributed by atoms with van der Waals surface area (Å²) in [6.07, 6.45) is 7.58. The Hall–Kier alpha value is -3.72. The van der Waals surface area contributed by atoms with Crippen LogP contribution in [0.3, 0.4) is 0 Å². The molecule has 1 aromatic heterocycles. The molecule has 34 heavy (non-hydrogen) atoms. The molecule has 0 amide bonds. The largest absolute Gasteiger partial charge is 0.279 e. The predicted molar refractivity (Wildman–Crippen MR) is 142 cm³/mol. The zero-order valence-corrected chi connectivity index (χ0v) is 20.4. The maximum Gasteiger partial charge on any atom is 0.168 e. The number of aromatic nitrogens is 3. The second-order valence-electron chi connectivity index (χ2n) is 10.1. The van der Waals surface area contributed by atoms with E-state index >= 15 is 0 Å². The topological polar surface area (TPSA) is 30.7 Å². The molecule has 0 fully saturated rings. The summed E-state index contributed by atoms with van der Waals surface area (Å²) in [6.45, 7) is 8.98. The summed E-state index contributed by atoms with van der Waals surface area (Å²) in [5, 5.41) is 9.39. The number of benzene rings is 3. The van der Waals surface area contributed by atoms with Gasteiger partial charge in [0.2, 0.25) is 0 Å². The van der Waals surface area contributed by atoms with Gasteiger partial charge in [0.25, 0.3) is 0 Å². The minimum Gasteiger partial charge on any atom is -0.279 e. The first-order valence-electron chi connectivity index (χ1n) is 12.0. The van der Waals surface area contributed by atoms with Gasteiger partial charge in [-0.3, -0.25) is 4.57 Å². The van der Waals surface area contributed by atoms with E-state index in [4.69, 9.17) is 10.2 Å². The van der Waals surface area contributed by atoms with E-state index in [0.29, 0.717) is 5.92 Å². The van der Waals surface area contributed by atoms with Crippen molar-refractivity contribution >= 4 is 5.70 Å². The van der Waals surface area contributed by atoms with Gasteiger partial charge in [-0.25, -0.2) is 0 Å². The maximum atomic E-state index is 4.69. The second kappa shape index (κ2) is 8.90. The summed E-state index contributed by atoms with van der Waals surface area (Å²) in [6, 6.07) is 27.9. The number of rotatable bonds is 4. The van der Waals surface area contributed by atoms with Gasteiger partial charge in [0.05, 0.1) is 0 Å². The Labute approximate surface area is 202 Å². The fourth-order valence-corrected chi connectivity index (χ4v) is 4.49. The monoisotopic (exact) mass is 445 g/mol. The van der Waals surface area contributed by atoms with E-state index in [2.05, 4.69) is 123 Å². The van der Waals surface area contributed by atoms with Gasteiger partial charge in [-0.15, -0.1) is 10.2 Å². The van der Waals surface area contributed by atoms with Crippen molar-refractivity contribution in [1.82, 2.24) is 14.8 Å². The van der Waals surface area contributed by atoms with Gasteiger partial charge >= 0.3 is 0 Å². The smallest absolute Gasteiger partial charge is 0.168 e. The molecule has 0 aliphatic heterocycles. The van der Waals surface area contributed by atoms with Gasteiger partial charge in [-0.2, -0.15) is 0 Å². The van der Waals surface area contributed by atoms with Crippen LogP contribution >= 0.6 is 0 Å². The normalized spacial score (nSPS) is 15.9. The average Bonchev–Trinajstić information content (AvgIpc) is 3.29. The molecule has 0 saturated carbocycles. The Kier molecular flexibility index (Phi) is 5.79. The Balaban J connectivity index is 1.60. The van der Waals surface area contributed by atoms with Crippen molar-refractivity contribution in [2.24, 2.45) is 5.92 Å². The highest BCUT2D eigenvalue weighted by atomic mass is 15.3. The fraction of sp³-hybridized carbons (Fsp3) is 0.226. The van der Waals surface area contributed by atoms with E-state index < -0.39 is 0 Å². The first kappa shape index (κ1) is 22.1. The van der Waals surface area contributed by atoms with Crippen molar-refractivity contribution in [2.45, 2.75) is 39.5 Å². The number of nitrogens with zero attached hydrogens (tertiary/aromatic N) is 3. The molecule has 1 aliphatic rings. The van der Waals surface area contributed by atoms with Crippen LogP contribution < -0.4 is 0 Å². The lowest BCUT2D eigenvalue weighted by molar-refractivity contribution is 0.590. The zero-order valence-electron chi connectivity index (χ0n) is 20.4. The highest BCUT2D eigenvalue weighted by molar-refractivity contribution is 5.74. The van der Waals surface area contributed by atoms with Crippen molar-refractivity contribution < 1.29 is 0 Å². The van der Waals surface area contributed by atoms with E-state index in [1.807, 2.05) is 6.07 Å². The molecule has 5 rings (SSSR count). The molecule has 1 heterocycles. The summed E-state index contributed by atoms with van der Waals surface area (Å²) in [7, 11) is 0. The minimum absolute atomic E-state index is 0.114. The molecule has 0 saturated heterocycles. The molecule has 0 spiro atoms. The van der Waals surface area contributed by atoms with Crippen LogP contribution in [0.25, 0.3) is 39.6 Å². The molecule has 170 valence electrons. The summed E-state index contributed by atoms with van der Waals surface area (Å²) >= 11 is 0. The van der Waals surface area contributed by atoms with Crippen molar-refractivity contribution in [3.63, 3.8) is 0 Å². The predicted octanol–water partition coefficient (Wildman–Crippen LogP) is 8.01. The molecule has 3 nitrogen and oxygen atoms in total.